The summed E-state index contributed by atoms with van der Waals surface area (Å²) in [4.78, 5) is 36.3. The Hall–Kier alpha value is -1.68. The van der Waals surface area contributed by atoms with Crippen LogP contribution in [-0.4, -0.2) is 30.7 Å². The van der Waals surface area contributed by atoms with Crippen LogP contribution in [0.3, 0.4) is 0 Å². The van der Waals surface area contributed by atoms with E-state index in [0.717, 1.165) is 12.8 Å². The zero-order chi connectivity index (χ0) is 15.4. The molecule has 20 heavy (non-hydrogen) atoms. The third-order valence-corrected chi connectivity index (χ3v) is 3.53. The lowest BCUT2D eigenvalue weighted by Gasteiger charge is -2.45. The molecule has 1 saturated carbocycles. The summed E-state index contributed by atoms with van der Waals surface area (Å²) >= 11 is 0. The Morgan fingerprint density at radius 1 is 1.35 bits per heavy atom. The number of amides is 1. The topological polar surface area (TPSA) is 84.8 Å². The van der Waals surface area contributed by atoms with E-state index in [2.05, 4.69) is 28.9 Å². The molecule has 1 aliphatic rings. The fourth-order valence-corrected chi connectivity index (χ4v) is 3.41. The van der Waals surface area contributed by atoms with Crippen LogP contribution in [0.5, 0.6) is 0 Å². The fraction of sp³-hybridized carbons (Fsp3) is 0.786. The van der Waals surface area contributed by atoms with Gasteiger partial charge in [-0.1, -0.05) is 20.8 Å². The molecule has 1 N–H and O–H groups in total. The van der Waals surface area contributed by atoms with Crippen molar-refractivity contribution in [3.05, 3.63) is 0 Å². The van der Waals surface area contributed by atoms with Crippen LogP contribution in [0, 0.1) is 10.8 Å². The molecule has 1 amide bonds. The van der Waals surface area contributed by atoms with Crippen LogP contribution >= 0.6 is 0 Å². The van der Waals surface area contributed by atoms with Gasteiger partial charge in [0.25, 0.3) is 0 Å². The van der Waals surface area contributed by atoms with E-state index in [1.165, 1.54) is 6.92 Å². The zero-order valence-corrected chi connectivity index (χ0v) is 12.5. The van der Waals surface area contributed by atoms with Gasteiger partial charge in [0.15, 0.2) is 0 Å². The van der Waals surface area contributed by atoms with Gasteiger partial charge in [-0.2, -0.15) is 0 Å². The maximum atomic E-state index is 11.5. The molecule has 2 unspecified atom stereocenters. The quantitative estimate of drug-likeness (QED) is 0.372. The van der Waals surface area contributed by atoms with Crippen molar-refractivity contribution in [2.75, 3.05) is 6.54 Å². The Morgan fingerprint density at radius 3 is 2.55 bits per heavy atom. The second-order valence-electron chi connectivity index (χ2n) is 6.69. The highest BCUT2D eigenvalue weighted by Crippen LogP contribution is 2.46. The molecule has 112 valence electrons. The average Bonchev–Trinajstić information content (AvgIpc) is 2.22. The summed E-state index contributed by atoms with van der Waals surface area (Å²) in [6.07, 6.45) is 3.24. The number of ether oxygens (including phenoxy) is 1. The second-order valence-corrected chi connectivity index (χ2v) is 6.69. The SMILES string of the molecule is CC(=O)OC(=O)NC1CC(C)(C)CC(C)(CN=C=O)C1. The molecule has 1 rings (SSSR count). The summed E-state index contributed by atoms with van der Waals surface area (Å²) in [5.41, 5.74) is -0.160. The Labute approximate surface area is 119 Å². The molecule has 0 spiro atoms. The van der Waals surface area contributed by atoms with E-state index in [9.17, 15) is 14.4 Å². The van der Waals surface area contributed by atoms with Gasteiger partial charge in [0, 0.05) is 13.0 Å². The van der Waals surface area contributed by atoms with Crippen molar-refractivity contribution in [3.63, 3.8) is 0 Å². The molecule has 0 aromatic rings. The molecule has 0 aromatic carbocycles. The summed E-state index contributed by atoms with van der Waals surface area (Å²) < 4.78 is 4.50. The molecule has 1 aliphatic carbocycles. The minimum absolute atomic E-state index is 0.0135. The summed E-state index contributed by atoms with van der Waals surface area (Å²) in [5.74, 6) is -0.633. The molecule has 0 bridgehead atoms. The highest BCUT2D eigenvalue weighted by atomic mass is 16.6. The van der Waals surface area contributed by atoms with Crippen LogP contribution in [0.25, 0.3) is 0 Å². The minimum atomic E-state index is -0.721. The third kappa shape index (κ3) is 5.13. The van der Waals surface area contributed by atoms with Gasteiger partial charge in [0.1, 0.15) is 0 Å². The number of aliphatic imine (C=N–C) groups is 1. The number of rotatable bonds is 3. The van der Waals surface area contributed by atoms with Gasteiger partial charge in [-0.05, 0) is 30.1 Å². The number of alkyl carbamates (subject to hydrolysis) is 1. The molecular weight excluding hydrogens is 260 g/mol. The number of esters is 1. The molecule has 0 aromatic heterocycles. The van der Waals surface area contributed by atoms with Crippen molar-refractivity contribution in [2.24, 2.45) is 15.8 Å². The van der Waals surface area contributed by atoms with E-state index in [0.29, 0.717) is 13.0 Å². The summed E-state index contributed by atoms with van der Waals surface area (Å²) in [6.45, 7) is 7.84. The van der Waals surface area contributed by atoms with Crippen molar-refractivity contribution < 1.29 is 19.1 Å². The van der Waals surface area contributed by atoms with Crippen molar-refractivity contribution in [2.45, 2.75) is 53.0 Å². The van der Waals surface area contributed by atoms with E-state index >= 15 is 0 Å². The van der Waals surface area contributed by atoms with E-state index in [1.807, 2.05) is 6.92 Å². The highest BCUT2D eigenvalue weighted by molar-refractivity contribution is 5.83. The van der Waals surface area contributed by atoms with Crippen LogP contribution in [-0.2, 0) is 14.3 Å². The number of carbonyl (C=O) groups excluding carboxylic acids is 3. The first-order chi connectivity index (χ1) is 9.16. The van der Waals surface area contributed by atoms with Gasteiger partial charge in [-0.3, -0.25) is 4.79 Å². The lowest BCUT2D eigenvalue weighted by Crippen LogP contribution is -2.48. The Kier molecular flexibility index (Phi) is 5.06. The Balaban J connectivity index is 2.74. The number of nitrogens with zero attached hydrogens (tertiary/aromatic N) is 1. The second kappa shape index (κ2) is 6.18. The lowest BCUT2D eigenvalue weighted by molar-refractivity contribution is -0.134. The summed E-state index contributed by atoms with van der Waals surface area (Å²) in [6, 6.07) is -0.0996. The molecule has 1 fully saturated rings. The van der Waals surface area contributed by atoms with Gasteiger partial charge >= 0.3 is 12.1 Å². The smallest absolute Gasteiger partial charge is 0.377 e. The zero-order valence-electron chi connectivity index (χ0n) is 12.5. The summed E-state index contributed by atoms with van der Waals surface area (Å²) in [7, 11) is 0. The highest BCUT2D eigenvalue weighted by Gasteiger charge is 2.41. The molecule has 0 heterocycles. The first kappa shape index (κ1) is 16.4. The van der Waals surface area contributed by atoms with Crippen LogP contribution in [0.1, 0.15) is 47.0 Å². The monoisotopic (exact) mass is 282 g/mol. The average molecular weight is 282 g/mol. The number of hydrogen-bond donors (Lipinski definition) is 1. The Morgan fingerprint density at radius 2 is 2.00 bits per heavy atom. The fourth-order valence-electron chi connectivity index (χ4n) is 3.41. The van der Waals surface area contributed by atoms with Crippen molar-refractivity contribution >= 4 is 18.1 Å². The molecule has 2 atom stereocenters. The largest absolute Gasteiger partial charge is 0.415 e. The number of nitrogens with one attached hydrogen (secondary N) is 1. The standard InChI is InChI=1S/C14H22N2O4/c1-10(18)20-12(19)16-11-5-13(2,3)7-14(4,6-11)8-15-9-17/h11H,5-8H2,1-4H3,(H,16,19). The van der Waals surface area contributed by atoms with Crippen LogP contribution in [0.15, 0.2) is 4.99 Å². The van der Waals surface area contributed by atoms with Gasteiger partial charge in [-0.25, -0.2) is 14.6 Å². The first-order valence-electron chi connectivity index (χ1n) is 6.68. The maximum absolute atomic E-state index is 11.5. The van der Waals surface area contributed by atoms with Crippen molar-refractivity contribution in [1.82, 2.24) is 5.32 Å². The van der Waals surface area contributed by atoms with E-state index in [-0.39, 0.29) is 16.9 Å². The van der Waals surface area contributed by atoms with Crippen LogP contribution in [0.2, 0.25) is 0 Å². The predicted molar refractivity (Wildman–Crippen MR) is 72.8 cm³/mol. The molecule has 0 aliphatic heterocycles. The number of carbonyl (C=O) groups is 2. The van der Waals surface area contributed by atoms with Crippen LogP contribution < -0.4 is 5.32 Å². The normalized spacial score (nSPS) is 28.1. The third-order valence-electron chi connectivity index (χ3n) is 3.53. The predicted octanol–water partition coefficient (Wildman–Crippen LogP) is 2.18. The molecule has 0 radical (unpaired) electrons. The lowest BCUT2D eigenvalue weighted by atomic mass is 9.62. The van der Waals surface area contributed by atoms with Gasteiger partial charge in [-0.15, -0.1) is 0 Å². The van der Waals surface area contributed by atoms with Gasteiger partial charge < -0.3 is 10.1 Å². The van der Waals surface area contributed by atoms with Crippen molar-refractivity contribution in [1.29, 1.82) is 0 Å². The van der Waals surface area contributed by atoms with Crippen molar-refractivity contribution in [3.8, 4) is 0 Å². The number of hydrogen-bond acceptors (Lipinski definition) is 5. The van der Waals surface area contributed by atoms with E-state index < -0.39 is 12.1 Å². The summed E-state index contributed by atoms with van der Waals surface area (Å²) in [5, 5.41) is 2.72. The number of isocyanates is 1. The Bertz CT molecular complexity index is 440. The molecule has 6 nitrogen and oxygen atoms in total. The molecular formula is C14H22N2O4. The molecule has 6 heteroatoms. The van der Waals surface area contributed by atoms with Crippen LogP contribution in [0.4, 0.5) is 4.79 Å². The van der Waals surface area contributed by atoms with Gasteiger partial charge in [0.05, 0.1) is 6.54 Å². The minimum Gasteiger partial charge on any atom is -0.377 e. The maximum Gasteiger partial charge on any atom is 0.415 e. The molecule has 0 saturated heterocycles. The van der Waals surface area contributed by atoms with E-state index in [1.54, 1.807) is 6.08 Å². The van der Waals surface area contributed by atoms with Gasteiger partial charge in [0.2, 0.25) is 6.08 Å². The van der Waals surface area contributed by atoms with E-state index in [4.69, 9.17) is 0 Å². The first-order valence-corrected chi connectivity index (χ1v) is 6.68.